The van der Waals surface area contributed by atoms with Crippen LogP contribution in [0.1, 0.15) is 91.9 Å². The van der Waals surface area contributed by atoms with Gasteiger partial charge in [-0.3, -0.25) is 0 Å². The van der Waals surface area contributed by atoms with E-state index in [-0.39, 0.29) is 5.60 Å². The van der Waals surface area contributed by atoms with Crippen molar-refractivity contribution in [3.8, 4) is 0 Å². The number of rotatable bonds is 8. The first kappa shape index (κ1) is 27.9. The molecule has 0 aliphatic heterocycles. The fraction of sp³-hybridized carbons (Fsp3) is 0.800. The Morgan fingerprint density at radius 3 is 2.59 bits per heavy atom. The summed E-state index contributed by atoms with van der Waals surface area (Å²) < 4.78 is 6.44. The molecule has 0 saturated heterocycles. The summed E-state index contributed by atoms with van der Waals surface area (Å²) in [7, 11) is -1.52. The minimum Gasteiger partial charge on any atom is -0.413 e. The SMILES string of the molecule is C=C1/C(=C\C=C2/CCC[C@]3(C)[C@@H]([C@H](C)CCCC(C)(C)O[Si](C)(C)C)CC[C@@H]23)C[C@@H](O)C[C@@H]1O. The first-order valence-corrected chi connectivity index (χ1v) is 17.3. The number of allylic oxidation sites excluding steroid dienone is 3. The molecule has 34 heavy (non-hydrogen) atoms. The molecule has 0 radical (unpaired) electrons. The highest BCUT2D eigenvalue weighted by Gasteiger charge is 2.50. The van der Waals surface area contributed by atoms with Crippen molar-refractivity contribution in [1.82, 2.24) is 0 Å². The van der Waals surface area contributed by atoms with Crippen LogP contribution in [-0.2, 0) is 4.43 Å². The molecule has 3 aliphatic rings. The molecule has 0 heterocycles. The zero-order valence-corrected chi connectivity index (χ0v) is 24.1. The third kappa shape index (κ3) is 6.75. The van der Waals surface area contributed by atoms with Gasteiger partial charge in [0.15, 0.2) is 8.32 Å². The van der Waals surface area contributed by atoms with Crippen LogP contribution in [0.25, 0.3) is 0 Å². The third-order valence-corrected chi connectivity index (χ3v) is 10.2. The maximum atomic E-state index is 10.2. The summed E-state index contributed by atoms with van der Waals surface area (Å²) in [5.74, 6) is 2.21. The molecule has 0 spiro atoms. The minimum absolute atomic E-state index is 0.00910. The Bertz CT molecular complexity index is 789. The van der Waals surface area contributed by atoms with Crippen molar-refractivity contribution >= 4 is 8.32 Å². The molecule has 4 heteroatoms. The van der Waals surface area contributed by atoms with Gasteiger partial charge in [-0.2, -0.15) is 0 Å². The van der Waals surface area contributed by atoms with Gasteiger partial charge in [0, 0.05) is 6.42 Å². The van der Waals surface area contributed by atoms with Crippen LogP contribution in [0.4, 0.5) is 0 Å². The van der Waals surface area contributed by atoms with Crippen LogP contribution in [0.5, 0.6) is 0 Å². The molecule has 0 aromatic rings. The molecule has 3 nitrogen and oxygen atoms in total. The van der Waals surface area contributed by atoms with Crippen LogP contribution >= 0.6 is 0 Å². The lowest BCUT2D eigenvalue weighted by Crippen LogP contribution is -2.38. The number of fused-ring (bicyclic) bond motifs is 1. The molecule has 3 rings (SSSR count). The summed E-state index contributed by atoms with van der Waals surface area (Å²) >= 11 is 0. The number of aliphatic hydroxyl groups excluding tert-OH is 2. The summed E-state index contributed by atoms with van der Waals surface area (Å²) in [5, 5.41) is 20.3. The minimum atomic E-state index is -1.52. The first-order chi connectivity index (χ1) is 15.7. The van der Waals surface area contributed by atoms with Gasteiger partial charge < -0.3 is 14.6 Å². The average Bonchev–Trinajstić information content (AvgIpc) is 3.05. The molecule has 3 aliphatic carbocycles. The van der Waals surface area contributed by atoms with E-state index in [1.165, 1.54) is 44.9 Å². The van der Waals surface area contributed by atoms with E-state index in [0.717, 1.165) is 29.4 Å². The lowest BCUT2D eigenvalue weighted by Gasteiger charge is -2.44. The highest BCUT2D eigenvalue weighted by atomic mass is 28.4. The monoisotopic (exact) mass is 488 g/mol. The summed E-state index contributed by atoms with van der Waals surface area (Å²) in [5.41, 5.74) is 3.79. The van der Waals surface area contributed by atoms with Crippen molar-refractivity contribution < 1.29 is 14.6 Å². The van der Waals surface area contributed by atoms with E-state index in [4.69, 9.17) is 4.43 Å². The predicted octanol–water partition coefficient (Wildman–Crippen LogP) is 7.56. The quantitative estimate of drug-likeness (QED) is 0.346. The molecule has 0 aromatic carbocycles. The molecule has 0 amide bonds. The molecule has 3 saturated carbocycles. The zero-order valence-electron chi connectivity index (χ0n) is 23.1. The van der Waals surface area contributed by atoms with Crippen LogP contribution in [0.15, 0.2) is 35.5 Å². The van der Waals surface area contributed by atoms with Crippen LogP contribution < -0.4 is 0 Å². The molecule has 3 fully saturated rings. The Balaban J connectivity index is 1.64. The van der Waals surface area contributed by atoms with Crippen molar-refractivity contribution in [2.75, 3.05) is 0 Å². The van der Waals surface area contributed by atoms with Crippen molar-refractivity contribution in [3.05, 3.63) is 35.5 Å². The van der Waals surface area contributed by atoms with Gasteiger partial charge in [0.1, 0.15) is 0 Å². The standard InChI is InChI=1S/C30H52O3Si/c1-21(11-9-17-29(3,4)33-34(6,7)8)26-15-16-27-23(12-10-18-30(26,27)5)13-14-24-19-25(31)20-28(32)22(24)2/h13-14,21,25-28,31-32H,2,9-12,15-20H2,1,3-8H3/b23-13+,24-14-/t21-,25-,26-,27+,28+,30-/m1/s1. The summed E-state index contributed by atoms with van der Waals surface area (Å²) in [4.78, 5) is 0. The van der Waals surface area contributed by atoms with Crippen LogP contribution in [0.3, 0.4) is 0 Å². The van der Waals surface area contributed by atoms with Gasteiger partial charge in [-0.15, -0.1) is 0 Å². The van der Waals surface area contributed by atoms with Crippen molar-refractivity contribution in [2.24, 2.45) is 23.2 Å². The number of hydrogen-bond donors (Lipinski definition) is 2. The lowest BCUT2D eigenvalue weighted by atomic mass is 9.60. The van der Waals surface area contributed by atoms with Crippen LogP contribution in [-0.4, -0.2) is 36.3 Å². The maximum Gasteiger partial charge on any atom is 0.184 e. The topological polar surface area (TPSA) is 49.7 Å². The van der Waals surface area contributed by atoms with E-state index in [9.17, 15) is 10.2 Å². The van der Waals surface area contributed by atoms with Gasteiger partial charge in [-0.1, -0.05) is 51.0 Å². The summed E-state index contributed by atoms with van der Waals surface area (Å²) in [6, 6.07) is 0. The fourth-order valence-electron chi connectivity index (χ4n) is 7.61. The predicted molar refractivity (Wildman–Crippen MR) is 146 cm³/mol. The van der Waals surface area contributed by atoms with Crippen molar-refractivity contribution in [3.63, 3.8) is 0 Å². The Morgan fingerprint density at radius 1 is 1.21 bits per heavy atom. The second kappa shape index (κ2) is 10.7. The highest BCUT2D eigenvalue weighted by molar-refractivity contribution is 6.69. The van der Waals surface area contributed by atoms with Gasteiger partial charge in [0.2, 0.25) is 0 Å². The number of aliphatic hydroxyl groups is 2. The average molecular weight is 489 g/mol. The highest BCUT2D eigenvalue weighted by Crippen LogP contribution is 2.60. The van der Waals surface area contributed by atoms with E-state index in [2.05, 4.69) is 66.1 Å². The summed E-state index contributed by atoms with van der Waals surface area (Å²) in [6.45, 7) is 20.6. The molecule has 0 unspecified atom stereocenters. The van der Waals surface area contributed by atoms with Crippen LogP contribution in [0, 0.1) is 23.2 Å². The van der Waals surface area contributed by atoms with E-state index < -0.39 is 20.5 Å². The Labute approximate surface area is 210 Å². The van der Waals surface area contributed by atoms with Crippen molar-refractivity contribution in [2.45, 2.75) is 129 Å². The molecular formula is C30H52O3Si. The zero-order chi connectivity index (χ0) is 25.3. The first-order valence-electron chi connectivity index (χ1n) is 13.9. The lowest BCUT2D eigenvalue weighted by molar-refractivity contribution is 0.0734. The van der Waals surface area contributed by atoms with Gasteiger partial charge in [-0.05, 0) is 113 Å². The Morgan fingerprint density at radius 2 is 1.91 bits per heavy atom. The van der Waals surface area contributed by atoms with Gasteiger partial charge in [-0.25, -0.2) is 0 Å². The summed E-state index contributed by atoms with van der Waals surface area (Å²) in [6.07, 6.45) is 14.6. The largest absolute Gasteiger partial charge is 0.413 e. The number of hydrogen-bond acceptors (Lipinski definition) is 3. The van der Waals surface area contributed by atoms with Crippen molar-refractivity contribution in [1.29, 1.82) is 0 Å². The Hall–Kier alpha value is -0.683. The molecule has 2 N–H and O–H groups in total. The van der Waals surface area contributed by atoms with E-state index >= 15 is 0 Å². The fourth-order valence-corrected chi connectivity index (χ4v) is 9.37. The second-order valence-corrected chi connectivity index (χ2v) is 17.9. The molecule has 194 valence electrons. The smallest absolute Gasteiger partial charge is 0.184 e. The Kier molecular flexibility index (Phi) is 8.81. The molecular weight excluding hydrogens is 436 g/mol. The van der Waals surface area contributed by atoms with E-state index in [1.54, 1.807) is 5.57 Å². The molecule has 6 atom stereocenters. The maximum absolute atomic E-state index is 10.2. The normalized spacial score (nSPS) is 36.2. The second-order valence-electron chi connectivity index (χ2n) is 13.5. The third-order valence-electron chi connectivity index (χ3n) is 9.01. The van der Waals surface area contributed by atoms with Gasteiger partial charge >= 0.3 is 0 Å². The molecule has 0 bridgehead atoms. The molecule has 0 aromatic heterocycles. The van der Waals surface area contributed by atoms with E-state index in [0.29, 0.717) is 24.2 Å². The van der Waals surface area contributed by atoms with Crippen LogP contribution in [0.2, 0.25) is 19.6 Å². The van der Waals surface area contributed by atoms with E-state index in [1.807, 2.05) is 0 Å². The van der Waals surface area contributed by atoms with Gasteiger partial charge in [0.25, 0.3) is 0 Å². The van der Waals surface area contributed by atoms with Gasteiger partial charge in [0.05, 0.1) is 17.8 Å².